The Labute approximate surface area is 124 Å². The van der Waals surface area contributed by atoms with Crippen LogP contribution in [0.2, 0.25) is 0 Å². The number of benzene rings is 1. The molecule has 0 spiro atoms. The minimum Gasteiger partial charge on any atom is -0.399 e. The maximum absolute atomic E-state index is 12.2. The summed E-state index contributed by atoms with van der Waals surface area (Å²) in [5.74, 6) is 0.573. The molecule has 7 heteroatoms. The van der Waals surface area contributed by atoms with Crippen molar-refractivity contribution in [2.24, 2.45) is 0 Å². The SMILES string of the molecule is Nc1cccc(SCCS(=O)(=O)N2CCCC2CO)c1. The topological polar surface area (TPSA) is 83.6 Å². The Morgan fingerprint density at radius 1 is 1.45 bits per heavy atom. The molecule has 0 saturated carbocycles. The molecular formula is C13H20N2O3S2. The number of nitrogens with two attached hydrogens (primary N) is 1. The fourth-order valence-electron chi connectivity index (χ4n) is 2.34. The zero-order valence-electron chi connectivity index (χ0n) is 11.2. The van der Waals surface area contributed by atoms with Crippen LogP contribution in [0.25, 0.3) is 0 Å². The highest BCUT2D eigenvalue weighted by atomic mass is 32.2. The van der Waals surface area contributed by atoms with Gasteiger partial charge in [0.25, 0.3) is 0 Å². The molecule has 0 aliphatic carbocycles. The first-order chi connectivity index (χ1) is 9.53. The molecule has 1 aromatic carbocycles. The number of hydrogen-bond acceptors (Lipinski definition) is 5. The van der Waals surface area contributed by atoms with Gasteiger partial charge in [0.1, 0.15) is 0 Å². The molecule has 1 fully saturated rings. The van der Waals surface area contributed by atoms with Crippen LogP contribution in [0.3, 0.4) is 0 Å². The summed E-state index contributed by atoms with van der Waals surface area (Å²) < 4.78 is 25.9. The van der Waals surface area contributed by atoms with Gasteiger partial charge >= 0.3 is 0 Å². The molecule has 0 bridgehead atoms. The predicted octanol–water partition coefficient (Wildman–Crippen LogP) is 1.15. The van der Waals surface area contributed by atoms with Gasteiger partial charge in [-0.25, -0.2) is 8.42 Å². The minimum absolute atomic E-state index is 0.0863. The summed E-state index contributed by atoms with van der Waals surface area (Å²) in [6.07, 6.45) is 1.57. The molecule has 2 rings (SSSR count). The maximum atomic E-state index is 12.2. The van der Waals surface area contributed by atoms with Crippen LogP contribution >= 0.6 is 11.8 Å². The minimum atomic E-state index is -3.28. The molecule has 3 N–H and O–H groups in total. The van der Waals surface area contributed by atoms with Gasteiger partial charge in [-0.3, -0.25) is 0 Å². The van der Waals surface area contributed by atoms with E-state index in [9.17, 15) is 13.5 Å². The molecule has 1 unspecified atom stereocenters. The number of thioether (sulfide) groups is 1. The van der Waals surface area contributed by atoms with Crippen molar-refractivity contribution in [3.63, 3.8) is 0 Å². The fraction of sp³-hybridized carbons (Fsp3) is 0.538. The van der Waals surface area contributed by atoms with E-state index in [1.54, 1.807) is 6.07 Å². The lowest BCUT2D eigenvalue weighted by Gasteiger charge is -2.22. The van der Waals surface area contributed by atoms with E-state index in [2.05, 4.69) is 0 Å². The third-order valence-electron chi connectivity index (χ3n) is 3.36. The van der Waals surface area contributed by atoms with E-state index in [0.717, 1.165) is 17.7 Å². The quantitative estimate of drug-likeness (QED) is 0.607. The predicted molar refractivity (Wildman–Crippen MR) is 82.2 cm³/mol. The lowest BCUT2D eigenvalue weighted by atomic mass is 10.2. The number of anilines is 1. The second kappa shape index (κ2) is 6.80. The van der Waals surface area contributed by atoms with Crippen LogP contribution in [0.1, 0.15) is 12.8 Å². The van der Waals surface area contributed by atoms with Gasteiger partial charge in [-0.05, 0) is 31.0 Å². The van der Waals surface area contributed by atoms with Crippen molar-refractivity contribution in [1.82, 2.24) is 4.31 Å². The Morgan fingerprint density at radius 3 is 2.95 bits per heavy atom. The molecule has 1 atom stereocenters. The van der Waals surface area contributed by atoms with Crippen LogP contribution in [0, 0.1) is 0 Å². The highest BCUT2D eigenvalue weighted by Crippen LogP contribution is 2.24. The lowest BCUT2D eigenvalue weighted by Crippen LogP contribution is -2.39. The Balaban J connectivity index is 1.89. The Morgan fingerprint density at radius 2 is 2.25 bits per heavy atom. The zero-order chi connectivity index (χ0) is 14.6. The summed E-state index contributed by atoms with van der Waals surface area (Å²) in [6.45, 7) is 0.429. The number of nitrogens with zero attached hydrogens (tertiary/aromatic N) is 1. The molecule has 1 aromatic rings. The molecule has 1 aliphatic rings. The molecular weight excluding hydrogens is 296 g/mol. The summed E-state index contributed by atoms with van der Waals surface area (Å²) in [4.78, 5) is 0.973. The van der Waals surface area contributed by atoms with Gasteiger partial charge in [-0.1, -0.05) is 6.07 Å². The van der Waals surface area contributed by atoms with E-state index >= 15 is 0 Å². The van der Waals surface area contributed by atoms with Crippen molar-refractivity contribution >= 4 is 27.5 Å². The van der Waals surface area contributed by atoms with Gasteiger partial charge in [0, 0.05) is 28.9 Å². The third kappa shape index (κ3) is 3.88. The summed E-state index contributed by atoms with van der Waals surface area (Å²) in [6, 6.07) is 7.17. The van der Waals surface area contributed by atoms with Crippen molar-refractivity contribution in [2.75, 3.05) is 30.4 Å². The molecule has 1 heterocycles. The highest BCUT2D eigenvalue weighted by molar-refractivity contribution is 8.00. The van der Waals surface area contributed by atoms with Crippen molar-refractivity contribution < 1.29 is 13.5 Å². The van der Waals surface area contributed by atoms with Crippen LogP contribution < -0.4 is 5.73 Å². The average Bonchev–Trinajstić information content (AvgIpc) is 2.87. The van der Waals surface area contributed by atoms with Gasteiger partial charge in [0.05, 0.1) is 12.4 Å². The van der Waals surface area contributed by atoms with Crippen LogP contribution in [0.15, 0.2) is 29.2 Å². The smallest absolute Gasteiger partial charge is 0.215 e. The Kier molecular flexibility index (Phi) is 5.31. The summed E-state index contributed by atoms with van der Waals surface area (Å²) >= 11 is 1.48. The Hall–Kier alpha value is -0.760. The van der Waals surface area contributed by atoms with E-state index < -0.39 is 10.0 Å². The molecule has 112 valence electrons. The monoisotopic (exact) mass is 316 g/mol. The maximum Gasteiger partial charge on any atom is 0.215 e. The van der Waals surface area contributed by atoms with Gasteiger partial charge < -0.3 is 10.8 Å². The number of aliphatic hydroxyl groups is 1. The third-order valence-corrected chi connectivity index (χ3v) is 6.53. The number of rotatable bonds is 6. The van der Waals surface area contributed by atoms with Crippen LogP contribution in [-0.4, -0.2) is 48.5 Å². The highest BCUT2D eigenvalue weighted by Gasteiger charge is 2.33. The van der Waals surface area contributed by atoms with Gasteiger partial charge in [-0.15, -0.1) is 11.8 Å². The first-order valence-corrected chi connectivity index (χ1v) is 9.21. The first kappa shape index (κ1) is 15.6. The molecule has 1 aliphatic heterocycles. The number of aliphatic hydroxyl groups excluding tert-OH is 1. The summed E-state index contributed by atoms with van der Waals surface area (Å²) in [5, 5.41) is 9.21. The summed E-state index contributed by atoms with van der Waals surface area (Å²) in [7, 11) is -3.28. The number of hydrogen-bond donors (Lipinski definition) is 2. The lowest BCUT2D eigenvalue weighted by molar-refractivity contribution is 0.213. The van der Waals surface area contributed by atoms with Crippen LogP contribution in [0.4, 0.5) is 5.69 Å². The fourth-order valence-corrected chi connectivity index (χ4v) is 5.42. The van der Waals surface area contributed by atoms with E-state index in [0.29, 0.717) is 18.0 Å². The second-order valence-corrected chi connectivity index (χ2v) is 8.04. The van der Waals surface area contributed by atoms with E-state index in [4.69, 9.17) is 5.73 Å². The first-order valence-electron chi connectivity index (χ1n) is 6.61. The van der Waals surface area contributed by atoms with Crippen molar-refractivity contribution in [3.8, 4) is 0 Å². The normalized spacial score (nSPS) is 20.4. The van der Waals surface area contributed by atoms with Crippen LogP contribution in [0.5, 0.6) is 0 Å². The molecule has 0 aromatic heterocycles. The van der Waals surface area contributed by atoms with Gasteiger partial charge in [-0.2, -0.15) is 4.31 Å². The van der Waals surface area contributed by atoms with E-state index in [1.165, 1.54) is 16.1 Å². The number of sulfonamides is 1. The number of nitrogen functional groups attached to an aromatic ring is 1. The molecule has 20 heavy (non-hydrogen) atoms. The average molecular weight is 316 g/mol. The second-order valence-electron chi connectivity index (χ2n) is 4.83. The van der Waals surface area contributed by atoms with E-state index in [-0.39, 0.29) is 18.4 Å². The standard InChI is InChI=1S/C13H20N2O3S2/c14-11-3-1-5-13(9-11)19-7-8-20(17,18)15-6-2-4-12(15)10-16/h1,3,5,9,12,16H,2,4,6-8,10,14H2. The van der Waals surface area contributed by atoms with Crippen molar-refractivity contribution in [1.29, 1.82) is 0 Å². The summed E-state index contributed by atoms with van der Waals surface area (Å²) in [5.41, 5.74) is 6.36. The zero-order valence-corrected chi connectivity index (χ0v) is 12.9. The van der Waals surface area contributed by atoms with E-state index in [1.807, 2.05) is 18.2 Å². The molecule has 0 amide bonds. The van der Waals surface area contributed by atoms with Gasteiger partial charge in [0.15, 0.2) is 0 Å². The van der Waals surface area contributed by atoms with Crippen molar-refractivity contribution in [2.45, 2.75) is 23.8 Å². The van der Waals surface area contributed by atoms with Crippen molar-refractivity contribution in [3.05, 3.63) is 24.3 Å². The Bertz CT molecular complexity index is 548. The molecule has 1 saturated heterocycles. The largest absolute Gasteiger partial charge is 0.399 e. The molecule has 0 radical (unpaired) electrons. The van der Waals surface area contributed by atoms with Crippen LogP contribution in [-0.2, 0) is 10.0 Å². The molecule has 5 nitrogen and oxygen atoms in total. The van der Waals surface area contributed by atoms with Gasteiger partial charge in [0.2, 0.25) is 10.0 Å².